The quantitative estimate of drug-likeness (QED) is 0.769. The minimum atomic E-state index is -0.137. The van der Waals surface area contributed by atoms with Gasteiger partial charge < -0.3 is 4.90 Å². The molecule has 0 spiro atoms. The number of piperazine rings is 1. The number of H-pyrrole nitrogens is 1. The van der Waals surface area contributed by atoms with E-state index in [9.17, 15) is 4.79 Å². The zero-order valence-electron chi connectivity index (χ0n) is 16.3. The van der Waals surface area contributed by atoms with Crippen molar-refractivity contribution in [1.82, 2.24) is 24.6 Å². The highest BCUT2D eigenvalue weighted by molar-refractivity contribution is 5.74. The number of nitrogens with zero attached hydrogens (tertiary/aromatic N) is 5. The van der Waals surface area contributed by atoms with E-state index in [2.05, 4.69) is 64.9 Å². The van der Waals surface area contributed by atoms with Crippen molar-refractivity contribution in [3.63, 3.8) is 0 Å². The Balaban J connectivity index is 1.63. The van der Waals surface area contributed by atoms with Gasteiger partial charge >= 0.3 is 0 Å². The summed E-state index contributed by atoms with van der Waals surface area (Å²) in [5.74, 6) is 0.627. The molecular weight excluding hydrogens is 340 g/mol. The van der Waals surface area contributed by atoms with Crippen LogP contribution in [0.4, 0.5) is 5.95 Å². The van der Waals surface area contributed by atoms with E-state index in [1.807, 2.05) is 13.1 Å². The highest BCUT2D eigenvalue weighted by Gasteiger charge is 2.36. The van der Waals surface area contributed by atoms with Crippen molar-refractivity contribution in [2.24, 2.45) is 7.05 Å². The molecule has 7 nitrogen and oxygen atoms in total. The van der Waals surface area contributed by atoms with E-state index >= 15 is 0 Å². The summed E-state index contributed by atoms with van der Waals surface area (Å²) >= 11 is 0. The smallest absolute Gasteiger partial charge is 0.263 e. The molecule has 27 heavy (non-hydrogen) atoms. The molecule has 142 valence electrons. The van der Waals surface area contributed by atoms with E-state index in [0.29, 0.717) is 29.1 Å². The van der Waals surface area contributed by atoms with Crippen molar-refractivity contribution in [2.75, 3.05) is 11.4 Å². The van der Waals surface area contributed by atoms with Crippen LogP contribution in [-0.2, 0) is 13.6 Å². The standard InChI is InChI=1S/C20H26N6O/c1-13-11-26(20-22-18-17(19(27)23-20)10-21-24(18)4)15(3)14(2)25(13)12-16-8-6-5-7-9-16/h5-10,13-15H,11-12H2,1-4H3,(H,22,23,27). The predicted octanol–water partition coefficient (Wildman–Crippen LogP) is 2.14. The van der Waals surface area contributed by atoms with E-state index in [0.717, 1.165) is 13.1 Å². The molecule has 1 aromatic carbocycles. The molecule has 2 aromatic heterocycles. The Morgan fingerprint density at radius 3 is 2.63 bits per heavy atom. The zero-order chi connectivity index (χ0) is 19.1. The maximum absolute atomic E-state index is 12.4. The minimum Gasteiger partial charge on any atom is -0.336 e. The van der Waals surface area contributed by atoms with Crippen molar-refractivity contribution in [3.05, 3.63) is 52.4 Å². The van der Waals surface area contributed by atoms with Gasteiger partial charge in [-0.1, -0.05) is 30.3 Å². The molecule has 0 bridgehead atoms. The van der Waals surface area contributed by atoms with E-state index in [1.54, 1.807) is 10.9 Å². The molecule has 4 rings (SSSR count). The molecule has 3 aromatic rings. The normalized spacial score (nSPS) is 23.9. The van der Waals surface area contributed by atoms with Crippen molar-refractivity contribution in [2.45, 2.75) is 45.4 Å². The van der Waals surface area contributed by atoms with Crippen LogP contribution in [0.15, 0.2) is 41.3 Å². The Hall–Kier alpha value is -2.67. The van der Waals surface area contributed by atoms with Crippen LogP contribution in [0.2, 0.25) is 0 Å². The van der Waals surface area contributed by atoms with Gasteiger partial charge in [-0.05, 0) is 26.3 Å². The Bertz CT molecular complexity index is 995. The topological polar surface area (TPSA) is 70.1 Å². The monoisotopic (exact) mass is 366 g/mol. The first-order valence-electron chi connectivity index (χ1n) is 9.44. The lowest BCUT2D eigenvalue weighted by Crippen LogP contribution is -2.61. The number of aromatic amines is 1. The van der Waals surface area contributed by atoms with Gasteiger partial charge in [-0.25, -0.2) is 0 Å². The summed E-state index contributed by atoms with van der Waals surface area (Å²) in [6.07, 6.45) is 1.57. The number of hydrogen-bond acceptors (Lipinski definition) is 5. The van der Waals surface area contributed by atoms with Crippen LogP contribution >= 0.6 is 0 Å². The molecule has 0 aliphatic carbocycles. The van der Waals surface area contributed by atoms with Crippen molar-refractivity contribution < 1.29 is 0 Å². The van der Waals surface area contributed by atoms with E-state index in [4.69, 9.17) is 4.98 Å². The maximum atomic E-state index is 12.4. The molecular formula is C20H26N6O. The van der Waals surface area contributed by atoms with Crippen LogP contribution in [-0.4, -0.2) is 49.3 Å². The second kappa shape index (κ2) is 6.81. The Labute approximate surface area is 158 Å². The van der Waals surface area contributed by atoms with Gasteiger partial charge in [-0.3, -0.25) is 19.4 Å². The summed E-state index contributed by atoms with van der Waals surface area (Å²) in [6.45, 7) is 8.41. The Morgan fingerprint density at radius 1 is 1.15 bits per heavy atom. The summed E-state index contributed by atoms with van der Waals surface area (Å²) in [5.41, 5.74) is 1.80. The number of rotatable bonds is 3. The molecule has 3 unspecified atom stereocenters. The van der Waals surface area contributed by atoms with Gasteiger partial charge in [0.25, 0.3) is 5.56 Å². The number of benzene rings is 1. The fraction of sp³-hybridized carbons (Fsp3) is 0.450. The summed E-state index contributed by atoms with van der Waals surface area (Å²) in [7, 11) is 1.81. The molecule has 1 fully saturated rings. The number of hydrogen-bond donors (Lipinski definition) is 1. The highest BCUT2D eigenvalue weighted by atomic mass is 16.1. The third-order valence-corrected chi connectivity index (χ3v) is 5.81. The van der Waals surface area contributed by atoms with Crippen LogP contribution in [0.25, 0.3) is 11.0 Å². The number of aryl methyl sites for hydroxylation is 1. The first-order chi connectivity index (χ1) is 13.0. The molecule has 0 saturated carbocycles. The van der Waals surface area contributed by atoms with Gasteiger partial charge in [-0.2, -0.15) is 10.1 Å². The van der Waals surface area contributed by atoms with E-state index in [-0.39, 0.29) is 11.6 Å². The molecule has 0 amide bonds. The highest BCUT2D eigenvalue weighted by Crippen LogP contribution is 2.26. The number of aromatic nitrogens is 4. The molecule has 1 N–H and O–H groups in total. The molecule has 1 saturated heterocycles. The lowest BCUT2D eigenvalue weighted by Gasteiger charge is -2.49. The van der Waals surface area contributed by atoms with Crippen LogP contribution in [0.5, 0.6) is 0 Å². The summed E-state index contributed by atoms with van der Waals surface area (Å²) in [4.78, 5) is 24.8. The fourth-order valence-corrected chi connectivity index (χ4v) is 4.03. The Kier molecular flexibility index (Phi) is 4.47. The average Bonchev–Trinajstić information content (AvgIpc) is 3.04. The lowest BCUT2D eigenvalue weighted by molar-refractivity contribution is 0.0966. The van der Waals surface area contributed by atoms with Crippen molar-refractivity contribution >= 4 is 17.0 Å². The van der Waals surface area contributed by atoms with Crippen LogP contribution in [0.3, 0.4) is 0 Å². The molecule has 0 radical (unpaired) electrons. The molecule has 1 aliphatic rings. The number of nitrogens with one attached hydrogen (secondary N) is 1. The van der Waals surface area contributed by atoms with Gasteiger partial charge in [0.2, 0.25) is 5.95 Å². The molecule has 3 heterocycles. The predicted molar refractivity (Wildman–Crippen MR) is 107 cm³/mol. The number of fused-ring (bicyclic) bond motifs is 1. The third kappa shape index (κ3) is 3.12. The fourth-order valence-electron chi connectivity index (χ4n) is 4.03. The van der Waals surface area contributed by atoms with Crippen molar-refractivity contribution in [1.29, 1.82) is 0 Å². The minimum absolute atomic E-state index is 0.137. The molecule has 7 heteroatoms. The number of anilines is 1. The second-order valence-corrected chi connectivity index (χ2v) is 7.54. The first-order valence-corrected chi connectivity index (χ1v) is 9.44. The van der Waals surface area contributed by atoms with Gasteiger partial charge in [0.1, 0.15) is 5.39 Å². The largest absolute Gasteiger partial charge is 0.336 e. The average molecular weight is 366 g/mol. The van der Waals surface area contributed by atoms with Crippen LogP contribution in [0.1, 0.15) is 26.3 Å². The van der Waals surface area contributed by atoms with Gasteiger partial charge in [0, 0.05) is 38.3 Å². The SMILES string of the molecule is CC1C(C)N(Cc2ccccc2)C(C)CN1c1nc2c(cnn2C)c(=O)[nH]1. The van der Waals surface area contributed by atoms with Crippen LogP contribution < -0.4 is 10.5 Å². The molecule has 1 aliphatic heterocycles. The summed E-state index contributed by atoms with van der Waals surface area (Å²) in [6, 6.07) is 11.4. The summed E-state index contributed by atoms with van der Waals surface area (Å²) < 4.78 is 1.65. The Morgan fingerprint density at radius 2 is 1.89 bits per heavy atom. The third-order valence-electron chi connectivity index (χ3n) is 5.81. The zero-order valence-corrected chi connectivity index (χ0v) is 16.3. The van der Waals surface area contributed by atoms with Gasteiger partial charge in [0.15, 0.2) is 5.65 Å². The van der Waals surface area contributed by atoms with E-state index in [1.165, 1.54) is 5.56 Å². The van der Waals surface area contributed by atoms with Crippen molar-refractivity contribution in [3.8, 4) is 0 Å². The lowest BCUT2D eigenvalue weighted by atomic mass is 9.99. The van der Waals surface area contributed by atoms with Gasteiger partial charge in [-0.15, -0.1) is 0 Å². The van der Waals surface area contributed by atoms with Gasteiger partial charge in [0.05, 0.1) is 6.20 Å². The van der Waals surface area contributed by atoms with Crippen LogP contribution in [0, 0.1) is 0 Å². The van der Waals surface area contributed by atoms with E-state index < -0.39 is 0 Å². The first kappa shape index (κ1) is 17.7. The second-order valence-electron chi connectivity index (χ2n) is 7.54. The molecule has 3 atom stereocenters. The maximum Gasteiger partial charge on any atom is 0.263 e. The summed E-state index contributed by atoms with van der Waals surface area (Å²) in [5, 5.41) is 4.68.